The molecule has 0 radical (unpaired) electrons. The highest BCUT2D eigenvalue weighted by atomic mass is 35.5. The summed E-state index contributed by atoms with van der Waals surface area (Å²) >= 11 is 0. The van der Waals surface area contributed by atoms with E-state index < -0.39 is 0 Å². The van der Waals surface area contributed by atoms with E-state index in [1.54, 1.807) is 0 Å². The van der Waals surface area contributed by atoms with Gasteiger partial charge in [0.25, 0.3) is 0 Å². The smallest absolute Gasteiger partial charge is 0.220 e. The topological polar surface area (TPSA) is 55.1 Å². The third kappa shape index (κ3) is 10.2. The Morgan fingerprint density at radius 2 is 1.75 bits per heavy atom. The van der Waals surface area contributed by atoms with Gasteiger partial charge in [0.1, 0.15) is 0 Å². The normalized spacial score (nSPS) is 14.1. The minimum atomic E-state index is 0. The molecule has 0 saturated heterocycles. The Hall–Kier alpha value is -0.280. The van der Waals surface area contributed by atoms with E-state index in [1.165, 1.54) is 0 Å². The van der Waals surface area contributed by atoms with Gasteiger partial charge in [-0.15, -0.1) is 12.4 Å². The quantitative estimate of drug-likeness (QED) is 0.728. The molecule has 0 rings (SSSR count). The van der Waals surface area contributed by atoms with Gasteiger partial charge in [0, 0.05) is 13.0 Å². The maximum Gasteiger partial charge on any atom is 0.220 e. The van der Waals surface area contributed by atoms with Crippen LogP contribution in [-0.2, 0) is 4.79 Å². The molecular weight excluding hydrogens is 224 g/mol. The molecule has 0 aliphatic carbocycles. The van der Waals surface area contributed by atoms with E-state index in [0.29, 0.717) is 37.3 Å². The highest BCUT2D eigenvalue weighted by Crippen LogP contribution is 2.14. The molecule has 3 N–H and O–H groups in total. The largest absolute Gasteiger partial charge is 0.356 e. The lowest BCUT2D eigenvalue weighted by Gasteiger charge is -2.15. The van der Waals surface area contributed by atoms with Gasteiger partial charge in [0.05, 0.1) is 0 Å². The third-order valence-corrected chi connectivity index (χ3v) is 2.46. The predicted molar refractivity (Wildman–Crippen MR) is 71.7 cm³/mol. The maximum absolute atomic E-state index is 11.5. The summed E-state index contributed by atoms with van der Waals surface area (Å²) in [5, 5.41) is 2.92. The molecule has 0 aromatic heterocycles. The van der Waals surface area contributed by atoms with Crippen molar-refractivity contribution in [3.63, 3.8) is 0 Å². The van der Waals surface area contributed by atoms with Crippen LogP contribution >= 0.6 is 12.4 Å². The van der Waals surface area contributed by atoms with Gasteiger partial charge in [-0.25, -0.2) is 0 Å². The molecule has 0 aromatic carbocycles. The lowest BCUT2D eigenvalue weighted by atomic mass is 9.96. The van der Waals surface area contributed by atoms with E-state index in [0.717, 1.165) is 6.42 Å². The molecule has 0 bridgehead atoms. The predicted octanol–water partition coefficient (Wildman–Crippen LogP) is 2.19. The first-order chi connectivity index (χ1) is 6.95. The number of hydrogen-bond donors (Lipinski definition) is 2. The van der Waals surface area contributed by atoms with Crippen LogP contribution in [0.25, 0.3) is 0 Å². The van der Waals surface area contributed by atoms with Crippen LogP contribution in [-0.4, -0.2) is 19.0 Å². The SMILES string of the molecule is CC(C)CC(C)CC(=O)NCC(C)CN.Cl. The molecule has 98 valence electrons. The van der Waals surface area contributed by atoms with Gasteiger partial charge in [-0.1, -0.05) is 27.7 Å². The zero-order valence-corrected chi connectivity index (χ0v) is 11.8. The van der Waals surface area contributed by atoms with Gasteiger partial charge in [-0.2, -0.15) is 0 Å². The van der Waals surface area contributed by atoms with Crippen LogP contribution in [0.3, 0.4) is 0 Å². The third-order valence-electron chi connectivity index (χ3n) is 2.46. The molecule has 2 unspecified atom stereocenters. The molecule has 4 heteroatoms. The number of carbonyl (C=O) groups is 1. The summed E-state index contributed by atoms with van der Waals surface area (Å²) < 4.78 is 0. The number of carbonyl (C=O) groups excluding carboxylic acids is 1. The summed E-state index contributed by atoms with van der Waals surface area (Å²) in [6.07, 6.45) is 1.75. The van der Waals surface area contributed by atoms with Crippen molar-refractivity contribution in [3.8, 4) is 0 Å². The van der Waals surface area contributed by atoms with Crippen LogP contribution in [0.5, 0.6) is 0 Å². The minimum Gasteiger partial charge on any atom is -0.356 e. The van der Waals surface area contributed by atoms with Gasteiger partial charge in [-0.3, -0.25) is 4.79 Å². The van der Waals surface area contributed by atoms with E-state index in [2.05, 4.69) is 26.1 Å². The van der Waals surface area contributed by atoms with Crippen molar-refractivity contribution in [2.75, 3.05) is 13.1 Å². The van der Waals surface area contributed by atoms with Gasteiger partial charge in [-0.05, 0) is 30.7 Å². The van der Waals surface area contributed by atoms with Gasteiger partial charge < -0.3 is 11.1 Å². The molecule has 1 amide bonds. The van der Waals surface area contributed by atoms with Crippen LogP contribution in [0.15, 0.2) is 0 Å². The van der Waals surface area contributed by atoms with E-state index in [4.69, 9.17) is 5.73 Å². The van der Waals surface area contributed by atoms with Crippen LogP contribution in [0.4, 0.5) is 0 Å². The van der Waals surface area contributed by atoms with Crippen LogP contribution < -0.4 is 11.1 Å². The summed E-state index contributed by atoms with van der Waals surface area (Å²) in [6.45, 7) is 9.87. The minimum absolute atomic E-state index is 0. The Morgan fingerprint density at radius 1 is 1.19 bits per heavy atom. The Morgan fingerprint density at radius 3 is 2.19 bits per heavy atom. The molecular formula is C12H27ClN2O. The second-order valence-corrected chi connectivity index (χ2v) is 5.08. The van der Waals surface area contributed by atoms with E-state index in [9.17, 15) is 4.79 Å². The van der Waals surface area contributed by atoms with Crippen molar-refractivity contribution in [1.29, 1.82) is 0 Å². The van der Waals surface area contributed by atoms with Crippen molar-refractivity contribution in [1.82, 2.24) is 5.32 Å². The second kappa shape index (κ2) is 9.91. The number of halogens is 1. The molecule has 0 aromatic rings. The van der Waals surface area contributed by atoms with Crippen molar-refractivity contribution in [2.45, 2.75) is 40.5 Å². The van der Waals surface area contributed by atoms with E-state index in [-0.39, 0.29) is 18.3 Å². The monoisotopic (exact) mass is 250 g/mol. The number of nitrogens with one attached hydrogen (secondary N) is 1. The first-order valence-electron chi connectivity index (χ1n) is 5.92. The molecule has 0 heterocycles. The van der Waals surface area contributed by atoms with Crippen molar-refractivity contribution in [2.24, 2.45) is 23.5 Å². The van der Waals surface area contributed by atoms with Crippen LogP contribution in [0.1, 0.15) is 40.5 Å². The lowest BCUT2D eigenvalue weighted by Crippen LogP contribution is -2.32. The average molecular weight is 251 g/mol. The first kappa shape index (κ1) is 18.1. The zero-order chi connectivity index (χ0) is 11.8. The Balaban J connectivity index is 0. The van der Waals surface area contributed by atoms with E-state index in [1.807, 2.05) is 6.92 Å². The van der Waals surface area contributed by atoms with Gasteiger partial charge >= 0.3 is 0 Å². The summed E-state index contributed by atoms with van der Waals surface area (Å²) in [5.41, 5.74) is 5.47. The summed E-state index contributed by atoms with van der Waals surface area (Å²) in [6, 6.07) is 0. The fraction of sp³-hybridized carbons (Fsp3) is 0.917. The molecule has 0 fully saturated rings. The summed E-state index contributed by atoms with van der Waals surface area (Å²) in [7, 11) is 0. The maximum atomic E-state index is 11.5. The van der Waals surface area contributed by atoms with Gasteiger partial charge in [0.2, 0.25) is 5.91 Å². The number of amides is 1. The molecule has 2 atom stereocenters. The zero-order valence-electron chi connectivity index (χ0n) is 11.0. The Bertz CT molecular complexity index is 186. The van der Waals surface area contributed by atoms with Gasteiger partial charge in [0.15, 0.2) is 0 Å². The van der Waals surface area contributed by atoms with Crippen molar-refractivity contribution < 1.29 is 4.79 Å². The fourth-order valence-electron chi connectivity index (χ4n) is 1.65. The number of nitrogens with two attached hydrogens (primary N) is 1. The summed E-state index contributed by atoms with van der Waals surface area (Å²) in [4.78, 5) is 11.5. The lowest BCUT2D eigenvalue weighted by molar-refractivity contribution is -0.122. The molecule has 0 spiro atoms. The van der Waals surface area contributed by atoms with Crippen molar-refractivity contribution >= 4 is 18.3 Å². The second-order valence-electron chi connectivity index (χ2n) is 5.08. The van der Waals surface area contributed by atoms with Crippen molar-refractivity contribution in [3.05, 3.63) is 0 Å². The molecule has 0 saturated carbocycles. The Kier molecular flexibility index (Phi) is 11.2. The highest BCUT2D eigenvalue weighted by Gasteiger charge is 2.11. The number of rotatable bonds is 7. The first-order valence-corrected chi connectivity index (χ1v) is 5.92. The molecule has 3 nitrogen and oxygen atoms in total. The van der Waals surface area contributed by atoms with E-state index >= 15 is 0 Å². The fourth-order valence-corrected chi connectivity index (χ4v) is 1.65. The summed E-state index contributed by atoms with van der Waals surface area (Å²) in [5.74, 6) is 1.66. The Labute approximate surface area is 106 Å². The highest BCUT2D eigenvalue weighted by molar-refractivity contribution is 5.85. The average Bonchev–Trinajstić information content (AvgIpc) is 2.12. The number of hydrogen-bond acceptors (Lipinski definition) is 2. The standard InChI is InChI=1S/C12H26N2O.ClH/c1-9(2)5-10(3)6-12(15)14-8-11(4)7-13;/h9-11H,5-8,13H2,1-4H3,(H,14,15);1H. The molecule has 0 aliphatic rings. The molecule has 16 heavy (non-hydrogen) atoms. The van der Waals surface area contributed by atoms with Crippen LogP contribution in [0.2, 0.25) is 0 Å². The molecule has 0 aliphatic heterocycles. The van der Waals surface area contributed by atoms with Crippen LogP contribution in [0, 0.1) is 17.8 Å².